The highest BCUT2D eigenvalue weighted by Gasteiger charge is 2.24. The first-order valence-corrected chi connectivity index (χ1v) is 7.27. The third-order valence-electron chi connectivity index (χ3n) is 3.12. The largest absolute Gasteiger partial charge is 0.492 e. The second-order valence-corrected chi connectivity index (χ2v) is 6.23. The van der Waals surface area contributed by atoms with Crippen molar-refractivity contribution in [2.75, 3.05) is 11.9 Å². The maximum atomic E-state index is 11.5. The third-order valence-corrected chi connectivity index (χ3v) is 3.90. The average Bonchev–Trinajstić information content (AvgIpc) is 2.28. The number of carbonyl (C=O) groups is 1. The van der Waals surface area contributed by atoms with Crippen molar-refractivity contribution in [2.24, 2.45) is 11.3 Å². The number of para-hydroxylation sites is 1. The van der Waals surface area contributed by atoms with Crippen LogP contribution in [0.15, 0.2) is 24.3 Å². The number of carbonyl (C=O) groups excluding carboxylic acids is 1. The van der Waals surface area contributed by atoms with E-state index in [1.165, 1.54) is 0 Å². The molecule has 0 saturated heterocycles. The quantitative estimate of drug-likeness (QED) is 0.597. The number of halogens is 1. The van der Waals surface area contributed by atoms with Crippen molar-refractivity contribution in [1.82, 2.24) is 0 Å². The molecule has 0 bridgehead atoms. The van der Waals surface area contributed by atoms with Gasteiger partial charge in [-0.05, 0) is 24.5 Å². The summed E-state index contributed by atoms with van der Waals surface area (Å²) in [4.78, 5) is 11.5. The molecule has 0 amide bonds. The molecule has 0 aliphatic heterocycles. The van der Waals surface area contributed by atoms with E-state index in [9.17, 15) is 4.79 Å². The lowest BCUT2D eigenvalue weighted by Gasteiger charge is -2.29. The van der Waals surface area contributed by atoms with Gasteiger partial charge in [-0.1, -0.05) is 48.8 Å². The Morgan fingerprint density at radius 2 is 1.94 bits per heavy atom. The van der Waals surface area contributed by atoms with Gasteiger partial charge in [-0.25, -0.2) is 0 Å². The van der Waals surface area contributed by atoms with E-state index in [1.54, 1.807) is 13.0 Å². The Morgan fingerprint density at radius 3 is 2.44 bits per heavy atom. The smallest absolute Gasteiger partial charge is 0.163 e. The summed E-state index contributed by atoms with van der Waals surface area (Å²) < 4.78 is 5.83. The molecule has 0 radical (unpaired) electrons. The number of rotatable bonds is 5. The van der Waals surface area contributed by atoms with Crippen molar-refractivity contribution in [3.63, 3.8) is 0 Å². The first-order valence-electron chi connectivity index (χ1n) is 6.15. The van der Waals surface area contributed by atoms with E-state index in [4.69, 9.17) is 4.74 Å². The van der Waals surface area contributed by atoms with Gasteiger partial charge in [0.05, 0.1) is 12.2 Å². The van der Waals surface area contributed by atoms with Gasteiger partial charge in [0.15, 0.2) is 5.78 Å². The van der Waals surface area contributed by atoms with Crippen molar-refractivity contribution in [2.45, 2.75) is 27.7 Å². The molecular weight excluding hydrogens is 292 g/mol. The summed E-state index contributed by atoms with van der Waals surface area (Å²) in [6.07, 6.45) is 0. The highest BCUT2D eigenvalue weighted by molar-refractivity contribution is 9.09. The van der Waals surface area contributed by atoms with Gasteiger partial charge < -0.3 is 4.74 Å². The number of hydrogen-bond acceptors (Lipinski definition) is 2. The van der Waals surface area contributed by atoms with Crippen LogP contribution in [0.5, 0.6) is 5.75 Å². The summed E-state index contributed by atoms with van der Waals surface area (Å²) in [7, 11) is 0. The molecule has 0 fully saturated rings. The Labute approximate surface area is 118 Å². The second kappa shape index (κ2) is 6.37. The minimum absolute atomic E-state index is 0.0387. The lowest BCUT2D eigenvalue weighted by molar-refractivity contribution is 0.101. The van der Waals surface area contributed by atoms with E-state index in [0.717, 1.165) is 5.33 Å². The Morgan fingerprint density at radius 1 is 1.33 bits per heavy atom. The Hall–Kier alpha value is -0.830. The second-order valence-electron chi connectivity index (χ2n) is 5.58. The van der Waals surface area contributed by atoms with E-state index in [-0.39, 0.29) is 11.2 Å². The lowest BCUT2D eigenvalue weighted by Crippen LogP contribution is -2.28. The summed E-state index contributed by atoms with van der Waals surface area (Å²) in [6, 6.07) is 7.40. The van der Waals surface area contributed by atoms with Crippen LogP contribution >= 0.6 is 15.9 Å². The van der Waals surface area contributed by atoms with E-state index >= 15 is 0 Å². The summed E-state index contributed by atoms with van der Waals surface area (Å²) in [5.41, 5.74) is 0.828. The number of Topliss-reactive ketones (excluding diaryl/α,β-unsaturated/α-hetero) is 1. The van der Waals surface area contributed by atoms with Crippen molar-refractivity contribution in [3.05, 3.63) is 29.8 Å². The van der Waals surface area contributed by atoms with Gasteiger partial charge in [-0.3, -0.25) is 4.79 Å². The fourth-order valence-corrected chi connectivity index (χ4v) is 2.76. The molecular formula is C15H21BrO2. The van der Waals surface area contributed by atoms with Crippen LogP contribution in [0.1, 0.15) is 38.1 Å². The molecule has 0 spiro atoms. The van der Waals surface area contributed by atoms with Gasteiger partial charge in [-0.15, -0.1) is 0 Å². The molecule has 100 valence electrons. The predicted octanol–water partition coefficient (Wildman–Crippen LogP) is 4.33. The van der Waals surface area contributed by atoms with Crippen LogP contribution in [0, 0.1) is 11.3 Å². The molecule has 1 rings (SSSR count). The Bertz CT molecular complexity index is 407. The van der Waals surface area contributed by atoms with Crippen LogP contribution in [0.25, 0.3) is 0 Å². The molecule has 0 heterocycles. The van der Waals surface area contributed by atoms with Crippen molar-refractivity contribution in [3.8, 4) is 5.75 Å². The fraction of sp³-hybridized carbons (Fsp3) is 0.533. The zero-order chi connectivity index (χ0) is 13.8. The standard InChI is InChI=1S/C15H21BrO2/c1-11(17)13-7-5-6-8-14(13)18-10-12(9-16)15(2,3)4/h5-8,12H,9-10H2,1-4H3. The average molecular weight is 313 g/mol. The topological polar surface area (TPSA) is 26.3 Å². The van der Waals surface area contributed by atoms with Gasteiger partial charge in [0.25, 0.3) is 0 Å². The third kappa shape index (κ3) is 4.13. The molecule has 1 aromatic carbocycles. The van der Waals surface area contributed by atoms with Crippen LogP contribution in [0.2, 0.25) is 0 Å². The number of ether oxygens (including phenoxy) is 1. The SMILES string of the molecule is CC(=O)c1ccccc1OCC(CBr)C(C)(C)C. The van der Waals surface area contributed by atoms with E-state index in [0.29, 0.717) is 23.8 Å². The lowest BCUT2D eigenvalue weighted by atomic mass is 9.83. The molecule has 1 unspecified atom stereocenters. The molecule has 1 aromatic rings. The van der Waals surface area contributed by atoms with E-state index in [2.05, 4.69) is 36.7 Å². The predicted molar refractivity (Wildman–Crippen MR) is 78.7 cm³/mol. The van der Waals surface area contributed by atoms with Gasteiger partial charge in [0.2, 0.25) is 0 Å². The molecule has 0 saturated carbocycles. The number of alkyl halides is 1. The van der Waals surface area contributed by atoms with Crippen LogP contribution in [0.4, 0.5) is 0 Å². The first-order chi connectivity index (χ1) is 8.36. The monoisotopic (exact) mass is 312 g/mol. The zero-order valence-electron chi connectivity index (χ0n) is 11.5. The van der Waals surface area contributed by atoms with E-state index < -0.39 is 0 Å². The zero-order valence-corrected chi connectivity index (χ0v) is 13.1. The van der Waals surface area contributed by atoms with Crippen molar-refractivity contribution < 1.29 is 9.53 Å². The highest BCUT2D eigenvalue weighted by Crippen LogP contribution is 2.29. The Kier molecular flexibility index (Phi) is 5.39. The number of hydrogen-bond donors (Lipinski definition) is 0. The summed E-state index contributed by atoms with van der Waals surface area (Å²) >= 11 is 3.53. The summed E-state index contributed by atoms with van der Waals surface area (Å²) in [6.45, 7) is 8.75. The van der Waals surface area contributed by atoms with Gasteiger partial charge >= 0.3 is 0 Å². The van der Waals surface area contributed by atoms with Crippen LogP contribution in [0.3, 0.4) is 0 Å². The van der Waals surface area contributed by atoms with Gasteiger partial charge in [0.1, 0.15) is 5.75 Å². The maximum Gasteiger partial charge on any atom is 0.163 e. The summed E-state index contributed by atoms with van der Waals surface area (Å²) in [5, 5.41) is 0.888. The Balaban J connectivity index is 2.77. The first kappa shape index (κ1) is 15.2. The highest BCUT2D eigenvalue weighted by atomic mass is 79.9. The minimum Gasteiger partial charge on any atom is -0.492 e. The minimum atomic E-state index is 0.0387. The van der Waals surface area contributed by atoms with Crippen molar-refractivity contribution >= 4 is 21.7 Å². The summed E-state index contributed by atoms with van der Waals surface area (Å²) in [5.74, 6) is 1.12. The molecule has 0 N–H and O–H groups in total. The molecule has 0 aliphatic carbocycles. The fourth-order valence-electron chi connectivity index (χ4n) is 1.60. The maximum absolute atomic E-state index is 11.5. The number of benzene rings is 1. The van der Waals surface area contributed by atoms with E-state index in [1.807, 2.05) is 18.2 Å². The van der Waals surface area contributed by atoms with Gasteiger partial charge in [-0.2, -0.15) is 0 Å². The molecule has 0 aliphatic rings. The van der Waals surface area contributed by atoms with Gasteiger partial charge in [0, 0.05) is 11.2 Å². The van der Waals surface area contributed by atoms with Crippen LogP contribution < -0.4 is 4.74 Å². The molecule has 3 heteroatoms. The van der Waals surface area contributed by atoms with Crippen LogP contribution in [-0.2, 0) is 0 Å². The number of ketones is 1. The molecule has 0 aromatic heterocycles. The molecule has 2 nitrogen and oxygen atoms in total. The normalized spacial score (nSPS) is 13.2. The molecule has 1 atom stereocenters. The molecule has 18 heavy (non-hydrogen) atoms. The van der Waals surface area contributed by atoms with Crippen LogP contribution in [-0.4, -0.2) is 17.7 Å². The van der Waals surface area contributed by atoms with Crippen molar-refractivity contribution in [1.29, 1.82) is 0 Å².